The molecule has 0 N–H and O–H groups in total. The number of carbonyl (C=O) groups excluding carboxylic acids is 4. The molecule has 0 bridgehead atoms. The van der Waals surface area contributed by atoms with Gasteiger partial charge >= 0.3 is 23.9 Å². The Hall–Kier alpha value is -2.63. The number of ether oxygens (including phenoxy) is 4. The first-order valence-electron chi connectivity index (χ1n) is 6.22. The van der Waals surface area contributed by atoms with Gasteiger partial charge in [-0.2, -0.15) is 5.26 Å². The molecule has 3 atom stereocenters. The molecule has 22 heavy (non-hydrogen) atoms. The van der Waals surface area contributed by atoms with Crippen LogP contribution in [0.1, 0.15) is 27.7 Å². The van der Waals surface area contributed by atoms with E-state index < -0.39 is 48.8 Å². The Morgan fingerprint density at radius 2 is 1.36 bits per heavy atom. The van der Waals surface area contributed by atoms with Gasteiger partial charge in [0.2, 0.25) is 6.10 Å². The number of nitrogens with zero attached hydrogens (tertiary/aromatic N) is 1. The van der Waals surface area contributed by atoms with Gasteiger partial charge in [-0.1, -0.05) is 0 Å². The van der Waals surface area contributed by atoms with Crippen molar-refractivity contribution in [3.63, 3.8) is 0 Å². The maximum atomic E-state index is 11.2. The van der Waals surface area contributed by atoms with Crippen molar-refractivity contribution in [1.29, 1.82) is 5.26 Å². The maximum Gasteiger partial charge on any atom is 0.304 e. The summed E-state index contributed by atoms with van der Waals surface area (Å²) in [6, 6.07) is 1.63. The fraction of sp³-hybridized carbons (Fsp3) is 0.615. The molecule has 0 unspecified atom stereocenters. The largest absolute Gasteiger partial charge is 0.462 e. The van der Waals surface area contributed by atoms with E-state index in [1.165, 1.54) is 0 Å². The second kappa shape index (κ2) is 9.33. The standard InChI is InChI=1S/C13H17NO8/c1-7(15)19-6-12(21-9(3)17)13(22-10(4)18)11(5-14)20-8(2)16/h11-13H,6H2,1-4H3/t11-,12-,13+/m0/s1. The fourth-order valence-corrected chi connectivity index (χ4v) is 1.48. The lowest BCUT2D eigenvalue weighted by Crippen LogP contribution is -2.46. The van der Waals surface area contributed by atoms with Crippen molar-refractivity contribution >= 4 is 23.9 Å². The number of nitriles is 1. The van der Waals surface area contributed by atoms with E-state index in [0.717, 1.165) is 27.7 Å². The van der Waals surface area contributed by atoms with Crippen LogP contribution in [0.15, 0.2) is 0 Å². The second-order valence-corrected chi connectivity index (χ2v) is 4.18. The number of hydrogen-bond acceptors (Lipinski definition) is 9. The topological polar surface area (TPSA) is 129 Å². The van der Waals surface area contributed by atoms with Gasteiger partial charge in [0.25, 0.3) is 0 Å². The minimum atomic E-state index is -1.53. The summed E-state index contributed by atoms with van der Waals surface area (Å²) >= 11 is 0. The Morgan fingerprint density at radius 3 is 1.73 bits per heavy atom. The zero-order valence-corrected chi connectivity index (χ0v) is 12.7. The first kappa shape index (κ1) is 19.4. The normalized spacial score (nSPS) is 13.8. The van der Waals surface area contributed by atoms with E-state index >= 15 is 0 Å². The fourth-order valence-electron chi connectivity index (χ4n) is 1.48. The average molecular weight is 315 g/mol. The number of hydrogen-bond donors (Lipinski definition) is 0. The molecule has 0 heterocycles. The third kappa shape index (κ3) is 7.84. The molecule has 0 aromatic carbocycles. The lowest BCUT2D eigenvalue weighted by atomic mass is 10.1. The van der Waals surface area contributed by atoms with Gasteiger partial charge in [-0.05, 0) is 0 Å². The van der Waals surface area contributed by atoms with Crippen LogP contribution in [-0.4, -0.2) is 48.8 Å². The molecule has 0 spiro atoms. The maximum absolute atomic E-state index is 11.2. The molecular weight excluding hydrogens is 298 g/mol. The van der Waals surface area contributed by atoms with E-state index in [1.54, 1.807) is 6.07 Å². The summed E-state index contributed by atoms with van der Waals surface area (Å²) < 4.78 is 19.2. The van der Waals surface area contributed by atoms with E-state index in [0.29, 0.717) is 0 Å². The summed E-state index contributed by atoms with van der Waals surface area (Å²) in [4.78, 5) is 44.2. The van der Waals surface area contributed by atoms with Crippen molar-refractivity contribution in [3.8, 4) is 6.07 Å². The highest BCUT2D eigenvalue weighted by atomic mass is 16.6. The van der Waals surface area contributed by atoms with Crippen LogP contribution in [0.2, 0.25) is 0 Å². The third-order valence-corrected chi connectivity index (χ3v) is 2.16. The molecular formula is C13H17NO8. The summed E-state index contributed by atoms with van der Waals surface area (Å²) in [5.74, 6) is -3.01. The molecule has 0 saturated carbocycles. The Balaban J connectivity index is 5.36. The Labute approximate surface area is 127 Å². The quantitative estimate of drug-likeness (QED) is 0.465. The second-order valence-electron chi connectivity index (χ2n) is 4.18. The van der Waals surface area contributed by atoms with Crippen molar-refractivity contribution in [1.82, 2.24) is 0 Å². The van der Waals surface area contributed by atoms with Crippen molar-refractivity contribution < 1.29 is 38.1 Å². The number of rotatable bonds is 7. The molecule has 0 rings (SSSR count). The van der Waals surface area contributed by atoms with Crippen molar-refractivity contribution in [3.05, 3.63) is 0 Å². The molecule has 9 heteroatoms. The van der Waals surface area contributed by atoms with Gasteiger partial charge in [-0.15, -0.1) is 0 Å². The highest BCUT2D eigenvalue weighted by Crippen LogP contribution is 2.14. The van der Waals surface area contributed by atoms with Gasteiger partial charge in [-0.3, -0.25) is 19.2 Å². The highest BCUT2D eigenvalue weighted by Gasteiger charge is 2.38. The molecule has 0 radical (unpaired) electrons. The van der Waals surface area contributed by atoms with Crippen molar-refractivity contribution in [2.24, 2.45) is 0 Å². The lowest BCUT2D eigenvalue weighted by Gasteiger charge is -2.28. The van der Waals surface area contributed by atoms with Crippen LogP contribution < -0.4 is 0 Å². The van der Waals surface area contributed by atoms with Crippen LogP contribution in [-0.2, 0) is 38.1 Å². The molecule has 9 nitrogen and oxygen atoms in total. The van der Waals surface area contributed by atoms with Crippen LogP contribution >= 0.6 is 0 Å². The molecule has 0 aliphatic carbocycles. The van der Waals surface area contributed by atoms with E-state index in [9.17, 15) is 19.2 Å². The summed E-state index contributed by atoms with van der Waals surface area (Å²) in [6.07, 6.45) is -4.26. The SMILES string of the molecule is CC(=O)OC[C@H](OC(C)=O)[C@H](OC(C)=O)[C@H](C#N)OC(C)=O. The zero-order valence-electron chi connectivity index (χ0n) is 12.7. The lowest BCUT2D eigenvalue weighted by molar-refractivity contribution is -0.184. The smallest absolute Gasteiger partial charge is 0.304 e. The van der Waals surface area contributed by atoms with Crippen molar-refractivity contribution in [2.75, 3.05) is 6.61 Å². The van der Waals surface area contributed by atoms with E-state index in [4.69, 9.17) is 24.2 Å². The average Bonchev–Trinajstić information content (AvgIpc) is 2.37. The predicted octanol–water partition coefficient (Wildman–Crippen LogP) is -0.132. The minimum Gasteiger partial charge on any atom is -0.462 e. The van der Waals surface area contributed by atoms with Crippen LogP contribution in [0, 0.1) is 11.3 Å². The third-order valence-electron chi connectivity index (χ3n) is 2.16. The molecule has 0 aliphatic heterocycles. The first-order valence-corrected chi connectivity index (χ1v) is 6.22. The van der Waals surface area contributed by atoms with Crippen LogP contribution in [0.3, 0.4) is 0 Å². The predicted molar refractivity (Wildman–Crippen MR) is 68.9 cm³/mol. The Kier molecular flexibility index (Phi) is 8.22. The summed E-state index contributed by atoms with van der Waals surface area (Å²) in [5, 5.41) is 9.05. The Bertz CT molecular complexity index is 481. The molecule has 122 valence electrons. The summed E-state index contributed by atoms with van der Waals surface area (Å²) in [5.41, 5.74) is 0. The molecule has 0 aromatic rings. The molecule has 0 fully saturated rings. The van der Waals surface area contributed by atoms with Crippen molar-refractivity contribution in [2.45, 2.75) is 46.0 Å². The number of carbonyl (C=O) groups is 4. The first-order chi connectivity index (χ1) is 10.2. The van der Waals surface area contributed by atoms with Gasteiger partial charge in [0.05, 0.1) is 0 Å². The van der Waals surface area contributed by atoms with Crippen LogP contribution in [0.4, 0.5) is 0 Å². The van der Waals surface area contributed by atoms with Gasteiger partial charge in [0.15, 0.2) is 12.2 Å². The molecule has 0 aliphatic rings. The van der Waals surface area contributed by atoms with Gasteiger partial charge in [0.1, 0.15) is 12.7 Å². The number of esters is 4. The minimum absolute atomic E-state index is 0.466. The monoisotopic (exact) mass is 315 g/mol. The zero-order chi connectivity index (χ0) is 17.3. The van der Waals surface area contributed by atoms with Crippen LogP contribution in [0.5, 0.6) is 0 Å². The van der Waals surface area contributed by atoms with Gasteiger partial charge in [-0.25, -0.2) is 0 Å². The van der Waals surface area contributed by atoms with Gasteiger partial charge in [0, 0.05) is 27.7 Å². The van der Waals surface area contributed by atoms with E-state index in [2.05, 4.69) is 0 Å². The Morgan fingerprint density at radius 1 is 0.864 bits per heavy atom. The summed E-state index contributed by atoms with van der Waals surface area (Å²) in [6.45, 7) is 3.86. The van der Waals surface area contributed by atoms with E-state index in [-0.39, 0.29) is 0 Å². The molecule has 0 amide bonds. The molecule has 0 saturated heterocycles. The molecule has 0 aromatic heterocycles. The van der Waals surface area contributed by atoms with E-state index in [1.807, 2.05) is 0 Å². The van der Waals surface area contributed by atoms with Gasteiger partial charge < -0.3 is 18.9 Å². The van der Waals surface area contributed by atoms with Crippen LogP contribution in [0.25, 0.3) is 0 Å². The highest BCUT2D eigenvalue weighted by molar-refractivity contribution is 5.69. The summed E-state index contributed by atoms with van der Waals surface area (Å²) in [7, 11) is 0.